The smallest absolute Gasteiger partial charge is 0.336 e. The molecule has 1 aromatic heterocycles. The van der Waals surface area contributed by atoms with Crippen molar-refractivity contribution in [2.75, 3.05) is 32.7 Å². The van der Waals surface area contributed by atoms with Crippen LogP contribution in [0.25, 0.3) is 11.0 Å². The number of nitrogens with one attached hydrogen (secondary N) is 2. The molecule has 3 N–H and O–H groups in total. The van der Waals surface area contributed by atoms with Crippen LogP contribution in [0.3, 0.4) is 0 Å². The minimum absolute atomic E-state index is 0.202. The molecule has 0 radical (unpaired) electrons. The van der Waals surface area contributed by atoms with Crippen molar-refractivity contribution in [3.8, 4) is 5.75 Å². The van der Waals surface area contributed by atoms with Crippen molar-refractivity contribution < 1.29 is 19.3 Å². The molecule has 2 aromatic rings. The lowest BCUT2D eigenvalue weighted by molar-refractivity contribution is -1.02. The molecule has 0 amide bonds. The molecule has 0 aliphatic carbocycles. The molecule has 0 spiro atoms. The van der Waals surface area contributed by atoms with Gasteiger partial charge in [-0.3, -0.25) is 0 Å². The van der Waals surface area contributed by atoms with E-state index in [1.165, 1.54) is 24.5 Å². The summed E-state index contributed by atoms with van der Waals surface area (Å²) >= 11 is 0. The standard InChI is InChI=1S/C16H20N2O3/c1-2-17-5-7-18(8-6-17)11-12-9-16(20)21-15-4-3-13(19)10-14(12)15/h3-4,9-10,19H,2,5-8,11H2,1H3/p+2. The number of hydrogen-bond acceptors (Lipinski definition) is 3. The highest BCUT2D eigenvalue weighted by Crippen LogP contribution is 2.21. The van der Waals surface area contributed by atoms with E-state index in [0.29, 0.717) is 5.58 Å². The Morgan fingerprint density at radius 3 is 2.57 bits per heavy atom. The predicted molar refractivity (Wildman–Crippen MR) is 79.8 cm³/mol. The minimum atomic E-state index is -0.319. The summed E-state index contributed by atoms with van der Waals surface area (Å²) in [5, 5.41) is 10.5. The van der Waals surface area contributed by atoms with Crippen molar-refractivity contribution in [3.63, 3.8) is 0 Å². The Hall–Kier alpha value is -1.85. The molecule has 1 aliphatic rings. The fourth-order valence-electron chi connectivity index (χ4n) is 3.12. The van der Waals surface area contributed by atoms with Crippen molar-refractivity contribution in [1.29, 1.82) is 0 Å². The second-order valence-electron chi connectivity index (χ2n) is 5.80. The van der Waals surface area contributed by atoms with Crippen LogP contribution in [0.1, 0.15) is 12.5 Å². The molecule has 21 heavy (non-hydrogen) atoms. The first-order valence-corrected chi connectivity index (χ1v) is 7.58. The van der Waals surface area contributed by atoms with Crippen LogP contribution in [0.5, 0.6) is 5.75 Å². The zero-order chi connectivity index (χ0) is 14.8. The zero-order valence-corrected chi connectivity index (χ0v) is 12.3. The quantitative estimate of drug-likeness (QED) is 0.623. The van der Waals surface area contributed by atoms with Crippen molar-refractivity contribution in [3.05, 3.63) is 40.2 Å². The normalized spacial score (nSPS) is 22.5. The van der Waals surface area contributed by atoms with Crippen molar-refractivity contribution in [2.24, 2.45) is 0 Å². The molecule has 0 saturated carbocycles. The highest BCUT2D eigenvalue weighted by Gasteiger charge is 2.22. The summed E-state index contributed by atoms with van der Waals surface area (Å²) in [6.45, 7) is 8.79. The van der Waals surface area contributed by atoms with E-state index in [0.717, 1.165) is 30.6 Å². The van der Waals surface area contributed by atoms with Crippen molar-refractivity contribution >= 4 is 11.0 Å². The van der Waals surface area contributed by atoms with Crippen LogP contribution in [0.2, 0.25) is 0 Å². The van der Waals surface area contributed by atoms with E-state index in [1.54, 1.807) is 29.2 Å². The molecular weight excluding hydrogens is 268 g/mol. The zero-order valence-electron chi connectivity index (χ0n) is 12.3. The Labute approximate surface area is 123 Å². The first-order valence-electron chi connectivity index (χ1n) is 7.58. The van der Waals surface area contributed by atoms with Gasteiger partial charge in [0.1, 0.15) is 44.1 Å². The minimum Gasteiger partial charge on any atom is -0.508 e. The Kier molecular flexibility index (Phi) is 3.94. The number of likely N-dealkylation sites (N-methyl/N-ethyl adjacent to an activating group) is 1. The third kappa shape index (κ3) is 3.09. The maximum absolute atomic E-state index is 11.7. The van der Waals surface area contributed by atoms with Crippen LogP contribution in [0, 0.1) is 0 Å². The molecule has 1 aliphatic heterocycles. The monoisotopic (exact) mass is 290 g/mol. The molecule has 112 valence electrons. The lowest BCUT2D eigenvalue weighted by Gasteiger charge is -2.29. The second-order valence-corrected chi connectivity index (χ2v) is 5.80. The van der Waals surface area contributed by atoms with Crippen LogP contribution >= 0.6 is 0 Å². The third-order valence-electron chi connectivity index (χ3n) is 4.42. The Bertz CT molecular complexity index is 687. The maximum Gasteiger partial charge on any atom is 0.336 e. The lowest BCUT2D eigenvalue weighted by atomic mass is 10.1. The van der Waals surface area contributed by atoms with Crippen molar-refractivity contribution in [1.82, 2.24) is 0 Å². The van der Waals surface area contributed by atoms with Gasteiger partial charge in [-0.2, -0.15) is 0 Å². The van der Waals surface area contributed by atoms with E-state index >= 15 is 0 Å². The van der Waals surface area contributed by atoms with Gasteiger partial charge in [-0.05, 0) is 25.1 Å². The van der Waals surface area contributed by atoms with Gasteiger partial charge in [-0.25, -0.2) is 4.79 Å². The summed E-state index contributed by atoms with van der Waals surface area (Å²) in [5.74, 6) is 0.202. The van der Waals surface area contributed by atoms with Gasteiger partial charge in [0.25, 0.3) is 0 Å². The topological polar surface area (TPSA) is 59.3 Å². The summed E-state index contributed by atoms with van der Waals surface area (Å²) in [6, 6.07) is 6.45. The molecule has 1 aromatic carbocycles. The van der Waals surface area contributed by atoms with Gasteiger partial charge in [0.15, 0.2) is 0 Å². The number of aromatic hydroxyl groups is 1. The number of benzene rings is 1. The Balaban J connectivity index is 1.86. The van der Waals surface area contributed by atoms with E-state index in [2.05, 4.69) is 6.92 Å². The summed E-state index contributed by atoms with van der Waals surface area (Å²) in [6.07, 6.45) is 0. The summed E-state index contributed by atoms with van der Waals surface area (Å²) in [5.41, 5.74) is 1.19. The summed E-state index contributed by atoms with van der Waals surface area (Å²) in [4.78, 5) is 14.8. The van der Waals surface area contributed by atoms with Gasteiger partial charge >= 0.3 is 5.63 Å². The van der Waals surface area contributed by atoms with Gasteiger partial charge in [0, 0.05) is 17.0 Å². The first kappa shape index (κ1) is 14.1. The number of fused-ring (bicyclic) bond motifs is 1. The van der Waals surface area contributed by atoms with Crippen molar-refractivity contribution in [2.45, 2.75) is 13.5 Å². The molecule has 1 saturated heterocycles. The van der Waals surface area contributed by atoms with E-state index in [1.807, 2.05) is 0 Å². The number of quaternary nitrogens is 2. The molecule has 1 fully saturated rings. The van der Waals surface area contributed by atoms with Gasteiger partial charge in [0.05, 0.1) is 6.54 Å². The van der Waals surface area contributed by atoms with Gasteiger partial charge < -0.3 is 19.3 Å². The van der Waals surface area contributed by atoms with Gasteiger partial charge in [-0.15, -0.1) is 0 Å². The highest BCUT2D eigenvalue weighted by atomic mass is 16.4. The average Bonchev–Trinajstić information content (AvgIpc) is 2.49. The van der Waals surface area contributed by atoms with E-state index in [4.69, 9.17) is 4.42 Å². The summed E-state index contributed by atoms with van der Waals surface area (Å²) in [7, 11) is 0. The largest absolute Gasteiger partial charge is 0.508 e. The van der Waals surface area contributed by atoms with Crippen LogP contribution in [-0.4, -0.2) is 37.8 Å². The second kappa shape index (κ2) is 5.87. The first-order chi connectivity index (χ1) is 10.2. The van der Waals surface area contributed by atoms with Gasteiger partial charge in [0.2, 0.25) is 0 Å². The number of piperazine rings is 1. The number of hydrogen-bond donors (Lipinski definition) is 3. The van der Waals surface area contributed by atoms with E-state index in [9.17, 15) is 9.90 Å². The van der Waals surface area contributed by atoms with E-state index < -0.39 is 0 Å². The Morgan fingerprint density at radius 2 is 1.86 bits per heavy atom. The third-order valence-corrected chi connectivity index (χ3v) is 4.42. The number of phenolic OH excluding ortho intramolecular Hbond substituents is 1. The SMILES string of the molecule is CC[NH+]1CC[NH+](Cc2cc(=O)oc3ccc(O)cc23)CC1. The molecule has 0 atom stereocenters. The van der Waals surface area contributed by atoms with Crippen LogP contribution in [0.4, 0.5) is 0 Å². The molecular formula is C16H22N2O3+2. The molecule has 0 unspecified atom stereocenters. The lowest BCUT2D eigenvalue weighted by Crippen LogP contribution is -3.27. The number of phenols is 1. The van der Waals surface area contributed by atoms with Crippen LogP contribution < -0.4 is 15.4 Å². The molecule has 0 bridgehead atoms. The van der Waals surface area contributed by atoms with Crippen LogP contribution in [-0.2, 0) is 6.54 Å². The molecule has 5 nitrogen and oxygen atoms in total. The fraction of sp³-hybridized carbons (Fsp3) is 0.438. The van der Waals surface area contributed by atoms with E-state index in [-0.39, 0.29) is 11.4 Å². The summed E-state index contributed by atoms with van der Waals surface area (Å²) < 4.78 is 5.20. The maximum atomic E-state index is 11.7. The predicted octanol–water partition coefficient (Wildman–Crippen LogP) is -1.20. The number of rotatable bonds is 3. The average molecular weight is 290 g/mol. The van der Waals surface area contributed by atoms with Gasteiger partial charge in [-0.1, -0.05) is 0 Å². The molecule has 5 heteroatoms. The molecule has 2 heterocycles. The highest BCUT2D eigenvalue weighted by molar-refractivity contribution is 5.81. The Morgan fingerprint density at radius 1 is 1.14 bits per heavy atom. The van der Waals surface area contributed by atoms with Crippen LogP contribution in [0.15, 0.2) is 33.5 Å². The molecule has 3 rings (SSSR count). The fourth-order valence-corrected chi connectivity index (χ4v) is 3.12.